The van der Waals surface area contributed by atoms with E-state index < -0.39 is 0 Å². The molecule has 0 atom stereocenters. The fourth-order valence-electron chi connectivity index (χ4n) is 2.55. The van der Waals surface area contributed by atoms with Gasteiger partial charge in [-0.05, 0) is 50.2 Å². The molecule has 0 unspecified atom stereocenters. The normalized spacial score (nSPS) is 11.0. The van der Waals surface area contributed by atoms with Crippen LogP contribution in [0.2, 0.25) is 5.02 Å². The van der Waals surface area contributed by atoms with E-state index in [0.717, 1.165) is 22.6 Å². The summed E-state index contributed by atoms with van der Waals surface area (Å²) in [6.45, 7) is 3.88. The van der Waals surface area contributed by atoms with E-state index in [1.54, 1.807) is 29.1 Å². The van der Waals surface area contributed by atoms with Crippen LogP contribution in [0.3, 0.4) is 0 Å². The number of amides is 1. The number of halogens is 1. The van der Waals surface area contributed by atoms with E-state index in [1.165, 1.54) is 0 Å². The van der Waals surface area contributed by atoms with E-state index in [0.29, 0.717) is 10.6 Å². The Morgan fingerprint density at radius 1 is 1.08 bits per heavy atom. The van der Waals surface area contributed by atoms with Crippen LogP contribution in [0.15, 0.2) is 65.7 Å². The van der Waals surface area contributed by atoms with Crippen molar-refractivity contribution in [2.24, 2.45) is 4.99 Å². The lowest BCUT2D eigenvalue weighted by Gasteiger charge is -2.11. The molecule has 4 nitrogen and oxygen atoms in total. The number of benzene rings is 2. The van der Waals surface area contributed by atoms with Gasteiger partial charge in [0.2, 0.25) is 0 Å². The van der Waals surface area contributed by atoms with Gasteiger partial charge in [-0.15, -0.1) is 0 Å². The van der Waals surface area contributed by atoms with Crippen molar-refractivity contribution in [2.45, 2.75) is 13.8 Å². The number of aliphatic imine (C=N–C) groups is 1. The number of hydrogen-bond acceptors (Lipinski definition) is 2. The smallest absolute Gasteiger partial charge is 0.267 e. The summed E-state index contributed by atoms with van der Waals surface area (Å²) >= 11 is 5.98. The van der Waals surface area contributed by atoms with Gasteiger partial charge in [-0.2, -0.15) is 0 Å². The van der Waals surface area contributed by atoms with Gasteiger partial charge in [0.15, 0.2) is 0 Å². The Labute approximate surface area is 151 Å². The number of carbonyl (C=O) groups excluding carboxylic acids is 1. The van der Waals surface area contributed by atoms with Gasteiger partial charge >= 0.3 is 0 Å². The predicted octanol–water partition coefficient (Wildman–Crippen LogP) is 4.89. The van der Waals surface area contributed by atoms with Gasteiger partial charge in [0, 0.05) is 33.8 Å². The first kappa shape index (κ1) is 17.0. The maximum absolute atomic E-state index is 12.4. The first-order chi connectivity index (χ1) is 12.0. The second kappa shape index (κ2) is 7.36. The van der Waals surface area contributed by atoms with Gasteiger partial charge in [-0.25, -0.2) is 0 Å². The minimum Gasteiger partial charge on any atom is -0.267 e. The lowest BCUT2D eigenvalue weighted by atomic mass is 10.2. The molecule has 0 saturated heterocycles. The molecular weight excluding hydrogens is 334 g/mol. The highest BCUT2D eigenvalue weighted by Gasteiger charge is 2.11. The molecule has 1 N–H and O–H groups in total. The van der Waals surface area contributed by atoms with Crippen LogP contribution in [0.4, 0.5) is 5.69 Å². The van der Waals surface area contributed by atoms with Crippen molar-refractivity contribution >= 4 is 29.4 Å². The maximum atomic E-state index is 12.4. The molecule has 5 heteroatoms. The molecule has 1 heterocycles. The van der Waals surface area contributed by atoms with Crippen LogP contribution in [0.25, 0.3) is 0 Å². The van der Waals surface area contributed by atoms with Crippen LogP contribution in [-0.4, -0.2) is 16.8 Å². The summed E-state index contributed by atoms with van der Waals surface area (Å²) in [4.78, 5) is 16.8. The number of nitrogens with zero attached hydrogens (tertiary/aromatic N) is 2. The summed E-state index contributed by atoms with van der Waals surface area (Å²) in [7, 11) is 0. The molecule has 0 saturated carbocycles. The molecule has 25 heavy (non-hydrogen) atoms. The highest BCUT2D eigenvalue weighted by Crippen LogP contribution is 2.19. The summed E-state index contributed by atoms with van der Waals surface area (Å²) in [6.07, 6.45) is 1.78. The molecule has 0 aliphatic carbocycles. The minimum absolute atomic E-state index is 0.152. The Bertz CT molecular complexity index is 929. The summed E-state index contributed by atoms with van der Waals surface area (Å²) in [5.41, 5.74) is 7.09. The standard InChI is InChI=1S/C20H18ClN3O/c1-14-11-17(13-22-19-10-6-9-18(21)12-19)15(2)24(14)23-20(25)16-7-4-3-5-8-16/h3-13H,1-2H3,(H,23,25). The van der Waals surface area contributed by atoms with Crippen LogP contribution >= 0.6 is 11.6 Å². The minimum atomic E-state index is -0.152. The zero-order chi connectivity index (χ0) is 17.8. The van der Waals surface area contributed by atoms with Crippen molar-refractivity contribution in [3.8, 4) is 0 Å². The molecule has 1 amide bonds. The number of hydrogen-bond donors (Lipinski definition) is 1. The Morgan fingerprint density at radius 2 is 1.84 bits per heavy atom. The van der Waals surface area contributed by atoms with Crippen LogP contribution < -0.4 is 5.43 Å². The fraction of sp³-hybridized carbons (Fsp3) is 0.100. The SMILES string of the molecule is Cc1cc(C=Nc2cccc(Cl)c2)c(C)n1NC(=O)c1ccccc1. The molecule has 0 spiro atoms. The zero-order valence-corrected chi connectivity index (χ0v) is 14.8. The summed E-state index contributed by atoms with van der Waals surface area (Å²) in [5.74, 6) is -0.152. The van der Waals surface area contributed by atoms with Crippen molar-refractivity contribution in [1.82, 2.24) is 4.68 Å². The molecule has 1 aromatic heterocycles. The third-order valence-electron chi connectivity index (χ3n) is 3.88. The second-order valence-corrected chi connectivity index (χ2v) is 6.14. The highest BCUT2D eigenvalue weighted by atomic mass is 35.5. The van der Waals surface area contributed by atoms with E-state index in [9.17, 15) is 4.79 Å². The molecule has 2 aromatic carbocycles. The van der Waals surface area contributed by atoms with Gasteiger partial charge < -0.3 is 0 Å². The number of aryl methyl sites for hydroxylation is 1. The fourth-order valence-corrected chi connectivity index (χ4v) is 2.73. The molecule has 0 bridgehead atoms. The Balaban J connectivity index is 1.82. The van der Waals surface area contributed by atoms with Gasteiger partial charge in [0.1, 0.15) is 0 Å². The third-order valence-corrected chi connectivity index (χ3v) is 4.12. The average Bonchev–Trinajstić information content (AvgIpc) is 2.88. The van der Waals surface area contributed by atoms with E-state index >= 15 is 0 Å². The quantitative estimate of drug-likeness (QED) is 0.668. The van der Waals surface area contributed by atoms with Gasteiger partial charge in [-0.3, -0.25) is 19.9 Å². The predicted molar refractivity (Wildman–Crippen MR) is 103 cm³/mol. The number of rotatable bonds is 4. The Morgan fingerprint density at radius 3 is 2.56 bits per heavy atom. The topological polar surface area (TPSA) is 46.4 Å². The van der Waals surface area contributed by atoms with Crippen molar-refractivity contribution < 1.29 is 4.79 Å². The molecule has 126 valence electrons. The largest absolute Gasteiger partial charge is 0.270 e. The maximum Gasteiger partial charge on any atom is 0.270 e. The lowest BCUT2D eigenvalue weighted by Crippen LogP contribution is -2.24. The highest BCUT2D eigenvalue weighted by molar-refractivity contribution is 6.30. The molecule has 0 radical (unpaired) electrons. The van der Waals surface area contributed by atoms with Gasteiger partial charge in [0.05, 0.1) is 5.69 Å². The average molecular weight is 352 g/mol. The molecule has 0 aliphatic rings. The zero-order valence-electron chi connectivity index (χ0n) is 14.0. The Kier molecular flexibility index (Phi) is 5.00. The van der Waals surface area contributed by atoms with Gasteiger partial charge in [0.25, 0.3) is 5.91 Å². The van der Waals surface area contributed by atoms with Crippen molar-refractivity contribution in [1.29, 1.82) is 0 Å². The second-order valence-electron chi connectivity index (χ2n) is 5.71. The number of nitrogens with one attached hydrogen (secondary N) is 1. The third kappa shape index (κ3) is 3.98. The first-order valence-corrected chi connectivity index (χ1v) is 8.27. The lowest BCUT2D eigenvalue weighted by molar-refractivity contribution is 0.101. The molecule has 0 aliphatic heterocycles. The van der Waals surface area contributed by atoms with E-state index in [-0.39, 0.29) is 5.91 Å². The molecule has 0 fully saturated rings. The molecular formula is C20H18ClN3O. The van der Waals surface area contributed by atoms with E-state index in [4.69, 9.17) is 11.6 Å². The molecule has 3 rings (SSSR count). The van der Waals surface area contributed by atoms with Crippen molar-refractivity contribution in [2.75, 3.05) is 5.43 Å². The summed E-state index contributed by atoms with van der Waals surface area (Å²) < 4.78 is 1.77. The Hall–Kier alpha value is -2.85. The van der Waals surface area contributed by atoms with Crippen molar-refractivity contribution in [3.63, 3.8) is 0 Å². The molecule has 3 aromatic rings. The van der Waals surface area contributed by atoms with E-state index in [1.807, 2.05) is 56.3 Å². The monoisotopic (exact) mass is 351 g/mol. The van der Waals surface area contributed by atoms with Crippen molar-refractivity contribution in [3.05, 3.63) is 88.2 Å². The number of aromatic nitrogens is 1. The van der Waals surface area contributed by atoms with Gasteiger partial charge in [-0.1, -0.05) is 35.9 Å². The number of carbonyl (C=O) groups is 1. The van der Waals surface area contributed by atoms with Crippen LogP contribution in [-0.2, 0) is 0 Å². The summed E-state index contributed by atoms with van der Waals surface area (Å²) in [6, 6.07) is 18.5. The summed E-state index contributed by atoms with van der Waals surface area (Å²) in [5, 5.41) is 0.648. The van der Waals surface area contributed by atoms with Crippen LogP contribution in [0.1, 0.15) is 27.3 Å². The van der Waals surface area contributed by atoms with E-state index in [2.05, 4.69) is 10.4 Å². The van der Waals surface area contributed by atoms with Crippen LogP contribution in [0, 0.1) is 13.8 Å². The first-order valence-electron chi connectivity index (χ1n) is 7.89. The van der Waals surface area contributed by atoms with Crippen LogP contribution in [0.5, 0.6) is 0 Å².